The highest BCUT2D eigenvalue weighted by molar-refractivity contribution is 5.93. The summed E-state index contributed by atoms with van der Waals surface area (Å²) in [5.41, 5.74) is 2.42. The average molecular weight is 309 g/mol. The second-order valence-corrected chi connectivity index (χ2v) is 4.82. The van der Waals surface area contributed by atoms with Gasteiger partial charge in [-0.1, -0.05) is 18.7 Å². The molecule has 0 saturated heterocycles. The van der Waals surface area contributed by atoms with E-state index in [0.29, 0.717) is 22.6 Å². The maximum Gasteiger partial charge on any atom is 0.338 e. The van der Waals surface area contributed by atoms with Crippen molar-refractivity contribution in [2.75, 3.05) is 13.7 Å². The Labute approximate surface area is 133 Å². The summed E-state index contributed by atoms with van der Waals surface area (Å²) in [5, 5.41) is 0. The number of methoxy groups -OCH3 is 1. The van der Waals surface area contributed by atoms with E-state index >= 15 is 0 Å². The third-order valence-corrected chi connectivity index (χ3v) is 3.27. The zero-order valence-electron chi connectivity index (χ0n) is 12.6. The first kappa shape index (κ1) is 14.8. The van der Waals surface area contributed by atoms with Crippen LogP contribution in [-0.4, -0.2) is 24.7 Å². The molecule has 0 spiro atoms. The van der Waals surface area contributed by atoms with Crippen molar-refractivity contribution >= 4 is 17.1 Å². The molecule has 3 rings (SSSR count). The van der Waals surface area contributed by atoms with Gasteiger partial charge in [0.05, 0.1) is 12.7 Å². The molecule has 0 N–H and O–H groups in total. The lowest BCUT2D eigenvalue weighted by Gasteiger charge is -2.00. The first-order valence-corrected chi connectivity index (χ1v) is 7.04. The smallest absolute Gasteiger partial charge is 0.338 e. The van der Waals surface area contributed by atoms with Crippen molar-refractivity contribution in [3.8, 4) is 17.2 Å². The Morgan fingerprint density at radius 1 is 1.30 bits per heavy atom. The molecule has 0 radical (unpaired) electrons. The van der Waals surface area contributed by atoms with Gasteiger partial charge >= 0.3 is 5.97 Å². The van der Waals surface area contributed by atoms with Gasteiger partial charge in [0.1, 0.15) is 17.9 Å². The third-order valence-electron chi connectivity index (χ3n) is 3.27. The Morgan fingerprint density at radius 2 is 2.17 bits per heavy atom. The Morgan fingerprint density at radius 3 is 2.96 bits per heavy atom. The molecule has 0 aliphatic heterocycles. The van der Waals surface area contributed by atoms with E-state index in [9.17, 15) is 4.79 Å². The molecule has 3 aromatic rings. The minimum Gasteiger partial charge on any atom is -0.497 e. The predicted molar refractivity (Wildman–Crippen MR) is 86.5 cm³/mol. The second-order valence-electron chi connectivity index (χ2n) is 4.82. The van der Waals surface area contributed by atoms with Gasteiger partial charge in [0.2, 0.25) is 5.89 Å². The molecule has 0 aliphatic rings. The van der Waals surface area contributed by atoms with Crippen LogP contribution in [0.25, 0.3) is 22.6 Å². The number of aromatic nitrogens is 1. The van der Waals surface area contributed by atoms with Crippen LogP contribution in [0.15, 0.2) is 59.5 Å². The van der Waals surface area contributed by atoms with Crippen molar-refractivity contribution < 1.29 is 18.7 Å². The molecule has 23 heavy (non-hydrogen) atoms. The number of rotatable bonds is 5. The molecule has 1 aromatic heterocycles. The molecule has 0 unspecified atom stereocenters. The van der Waals surface area contributed by atoms with Crippen LogP contribution in [0.3, 0.4) is 0 Å². The number of ether oxygens (including phenoxy) is 2. The summed E-state index contributed by atoms with van der Waals surface area (Å²) in [6, 6.07) is 12.4. The number of carbonyl (C=O) groups excluding carboxylic acids is 1. The fourth-order valence-corrected chi connectivity index (χ4v) is 2.15. The number of carbonyl (C=O) groups is 1. The Kier molecular flexibility index (Phi) is 4.10. The van der Waals surface area contributed by atoms with E-state index in [-0.39, 0.29) is 6.61 Å². The van der Waals surface area contributed by atoms with Gasteiger partial charge in [-0.15, -0.1) is 0 Å². The van der Waals surface area contributed by atoms with Crippen LogP contribution in [0.2, 0.25) is 0 Å². The normalized spacial score (nSPS) is 10.5. The maximum atomic E-state index is 11.9. The van der Waals surface area contributed by atoms with Crippen molar-refractivity contribution in [2.45, 2.75) is 0 Å². The second kappa shape index (κ2) is 6.36. The lowest BCUT2D eigenvalue weighted by atomic mass is 10.2. The number of oxazole rings is 1. The van der Waals surface area contributed by atoms with Gasteiger partial charge in [0.25, 0.3) is 0 Å². The number of nitrogens with zero attached hydrogens (tertiary/aromatic N) is 1. The highest BCUT2D eigenvalue weighted by atomic mass is 16.5. The third kappa shape index (κ3) is 3.08. The largest absolute Gasteiger partial charge is 0.497 e. The molecule has 0 bridgehead atoms. The number of hydrogen-bond donors (Lipinski definition) is 0. The first-order valence-electron chi connectivity index (χ1n) is 7.04. The van der Waals surface area contributed by atoms with Crippen LogP contribution in [0.5, 0.6) is 5.75 Å². The van der Waals surface area contributed by atoms with Crippen molar-refractivity contribution in [2.24, 2.45) is 0 Å². The van der Waals surface area contributed by atoms with E-state index < -0.39 is 5.97 Å². The summed E-state index contributed by atoms with van der Waals surface area (Å²) in [5.74, 6) is 0.770. The molecule has 5 heteroatoms. The van der Waals surface area contributed by atoms with Gasteiger partial charge in [-0.25, -0.2) is 9.78 Å². The average Bonchev–Trinajstić information content (AvgIpc) is 3.03. The molecule has 1 heterocycles. The molecule has 0 aliphatic carbocycles. The fourth-order valence-electron chi connectivity index (χ4n) is 2.15. The number of esters is 1. The Hall–Kier alpha value is -3.08. The van der Waals surface area contributed by atoms with Gasteiger partial charge in [-0.2, -0.15) is 0 Å². The van der Waals surface area contributed by atoms with E-state index in [4.69, 9.17) is 13.9 Å². The summed E-state index contributed by atoms with van der Waals surface area (Å²) in [7, 11) is 1.60. The SMILES string of the molecule is C=CCOC(=O)c1ccc2oc(-c3cccc(OC)c3)nc2c1. The minimum atomic E-state index is -0.419. The van der Waals surface area contributed by atoms with Crippen LogP contribution < -0.4 is 4.74 Å². The summed E-state index contributed by atoms with van der Waals surface area (Å²) in [6.07, 6.45) is 1.52. The van der Waals surface area contributed by atoms with Gasteiger partial charge in [-0.05, 0) is 36.4 Å². The molecule has 0 amide bonds. The van der Waals surface area contributed by atoms with E-state index in [1.54, 1.807) is 25.3 Å². The van der Waals surface area contributed by atoms with Crippen LogP contribution in [-0.2, 0) is 4.74 Å². The highest BCUT2D eigenvalue weighted by Gasteiger charge is 2.13. The van der Waals surface area contributed by atoms with Crippen molar-refractivity contribution in [3.05, 3.63) is 60.7 Å². The van der Waals surface area contributed by atoms with E-state index in [2.05, 4.69) is 11.6 Å². The van der Waals surface area contributed by atoms with E-state index in [1.165, 1.54) is 6.08 Å². The van der Waals surface area contributed by atoms with Gasteiger partial charge < -0.3 is 13.9 Å². The Balaban J connectivity index is 1.95. The van der Waals surface area contributed by atoms with Crippen molar-refractivity contribution in [1.29, 1.82) is 0 Å². The van der Waals surface area contributed by atoms with E-state index in [0.717, 1.165) is 11.3 Å². The van der Waals surface area contributed by atoms with Crippen molar-refractivity contribution in [3.63, 3.8) is 0 Å². The molecule has 2 aromatic carbocycles. The Bertz CT molecular complexity index is 866. The predicted octanol–water partition coefficient (Wildman–Crippen LogP) is 3.85. The lowest BCUT2D eigenvalue weighted by Crippen LogP contribution is -2.04. The summed E-state index contributed by atoms with van der Waals surface area (Å²) >= 11 is 0. The molecular formula is C18H15NO4. The van der Waals surface area contributed by atoms with E-state index in [1.807, 2.05) is 24.3 Å². The minimum absolute atomic E-state index is 0.171. The number of fused-ring (bicyclic) bond motifs is 1. The van der Waals surface area contributed by atoms with Gasteiger partial charge in [-0.3, -0.25) is 0 Å². The van der Waals surface area contributed by atoms with Crippen molar-refractivity contribution in [1.82, 2.24) is 4.98 Å². The summed E-state index contributed by atoms with van der Waals surface area (Å²) < 4.78 is 16.0. The van der Waals surface area contributed by atoms with Gasteiger partial charge in [0, 0.05) is 5.56 Å². The first-order chi connectivity index (χ1) is 11.2. The van der Waals surface area contributed by atoms with Crippen LogP contribution in [0, 0.1) is 0 Å². The molecule has 116 valence electrons. The molecule has 0 fully saturated rings. The van der Waals surface area contributed by atoms with Gasteiger partial charge in [0.15, 0.2) is 5.58 Å². The molecule has 5 nitrogen and oxygen atoms in total. The standard InChI is InChI=1S/C18H15NO4/c1-3-9-22-18(20)13-7-8-16-15(11-13)19-17(23-16)12-5-4-6-14(10-12)21-2/h3-8,10-11H,1,9H2,2H3. The topological polar surface area (TPSA) is 61.6 Å². The monoisotopic (exact) mass is 309 g/mol. The zero-order chi connectivity index (χ0) is 16.2. The molecule has 0 atom stereocenters. The highest BCUT2D eigenvalue weighted by Crippen LogP contribution is 2.27. The maximum absolute atomic E-state index is 11.9. The molecular weight excluding hydrogens is 294 g/mol. The zero-order valence-corrected chi connectivity index (χ0v) is 12.6. The summed E-state index contributed by atoms with van der Waals surface area (Å²) in [6.45, 7) is 3.68. The van der Waals surface area contributed by atoms with Crippen LogP contribution in [0.1, 0.15) is 10.4 Å². The van der Waals surface area contributed by atoms with Crippen LogP contribution >= 0.6 is 0 Å². The molecule has 0 saturated carbocycles. The van der Waals surface area contributed by atoms with Crippen LogP contribution in [0.4, 0.5) is 0 Å². The lowest BCUT2D eigenvalue weighted by molar-refractivity contribution is 0.0550. The quantitative estimate of drug-likeness (QED) is 0.529. The number of hydrogen-bond acceptors (Lipinski definition) is 5. The summed E-state index contributed by atoms with van der Waals surface area (Å²) in [4.78, 5) is 16.3. The fraction of sp³-hybridized carbons (Fsp3) is 0.111. The number of benzene rings is 2.